The van der Waals surface area contributed by atoms with E-state index in [0.717, 1.165) is 35.9 Å². The molecule has 0 bridgehead atoms. The van der Waals surface area contributed by atoms with Gasteiger partial charge in [-0.2, -0.15) is 13.2 Å². The second kappa shape index (κ2) is 9.05. The molecule has 0 spiro atoms. The summed E-state index contributed by atoms with van der Waals surface area (Å²) < 4.78 is 62.6. The molecule has 1 aromatic heterocycles. The number of nitrogens with zero attached hydrogens (tertiary/aromatic N) is 1. The minimum atomic E-state index is -4.60. The van der Waals surface area contributed by atoms with Crippen LogP contribution in [0, 0.1) is 12.7 Å². The van der Waals surface area contributed by atoms with E-state index in [-0.39, 0.29) is 34.9 Å². The topological polar surface area (TPSA) is 51.5 Å². The lowest BCUT2D eigenvalue weighted by molar-refractivity contribution is -0.137. The van der Waals surface area contributed by atoms with Crippen molar-refractivity contribution in [3.63, 3.8) is 0 Å². The molecule has 3 aromatic carbocycles. The van der Waals surface area contributed by atoms with Crippen LogP contribution in [-0.2, 0) is 12.8 Å². The quantitative estimate of drug-likeness (QED) is 0.313. The van der Waals surface area contributed by atoms with E-state index in [4.69, 9.17) is 4.74 Å². The Morgan fingerprint density at radius 2 is 1.71 bits per heavy atom. The number of aromatic nitrogens is 1. The van der Waals surface area contributed by atoms with Crippen molar-refractivity contribution in [1.29, 1.82) is 0 Å². The van der Waals surface area contributed by atoms with Gasteiger partial charge in [0.05, 0.1) is 22.5 Å². The van der Waals surface area contributed by atoms with Gasteiger partial charge in [0.1, 0.15) is 18.2 Å². The van der Waals surface area contributed by atoms with Gasteiger partial charge in [0.25, 0.3) is 0 Å². The lowest BCUT2D eigenvalue weighted by atomic mass is 10.1. The minimum Gasteiger partial charge on any atom is -0.488 e. The highest BCUT2D eigenvalue weighted by molar-refractivity contribution is 5.88. The second-order valence-corrected chi connectivity index (χ2v) is 7.65. The average molecular weight is 469 g/mol. The fourth-order valence-corrected chi connectivity index (χ4v) is 3.65. The maximum atomic E-state index is 14.8. The van der Waals surface area contributed by atoms with Gasteiger partial charge in [0.15, 0.2) is 0 Å². The lowest BCUT2D eigenvalue weighted by Gasteiger charge is -2.18. The van der Waals surface area contributed by atoms with Crippen LogP contribution in [0.4, 0.5) is 17.6 Å². The van der Waals surface area contributed by atoms with Gasteiger partial charge in [-0.3, -0.25) is 0 Å². The first-order chi connectivity index (χ1) is 16.1. The molecule has 0 saturated carbocycles. The molecule has 0 aliphatic heterocycles. The van der Waals surface area contributed by atoms with Crippen LogP contribution in [0.1, 0.15) is 27.2 Å². The van der Waals surface area contributed by atoms with Crippen LogP contribution in [0.2, 0.25) is 0 Å². The number of hydrogen-bond acceptors (Lipinski definition) is 2. The summed E-state index contributed by atoms with van der Waals surface area (Å²) in [5, 5.41) is 9.32. The Morgan fingerprint density at radius 1 is 0.971 bits per heavy atom. The first-order valence-electron chi connectivity index (χ1n) is 10.2. The first-order valence-corrected chi connectivity index (χ1v) is 10.2. The summed E-state index contributed by atoms with van der Waals surface area (Å²) in [6, 6.07) is 18.7. The molecular formula is C26H19F4NO3. The van der Waals surface area contributed by atoms with Gasteiger partial charge in [-0.05, 0) is 61.0 Å². The van der Waals surface area contributed by atoms with Crippen LogP contribution in [0.25, 0.3) is 16.9 Å². The maximum Gasteiger partial charge on any atom is 0.416 e. The Kier molecular flexibility index (Phi) is 6.15. The van der Waals surface area contributed by atoms with Crippen LogP contribution >= 0.6 is 0 Å². The first kappa shape index (κ1) is 23.1. The molecule has 8 heteroatoms. The van der Waals surface area contributed by atoms with E-state index in [1.54, 1.807) is 19.1 Å². The van der Waals surface area contributed by atoms with Crippen LogP contribution in [0.5, 0.6) is 5.75 Å². The van der Waals surface area contributed by atoms with Gasteiger partial charge in [-0.1, -0.05) is 30.3 Å². The summed E-state index contributed by atoms with van der Waals surface area (Å²) >= 11 is 0. The number of benzene rings is 3. The van der Waals surface area contributed by atoms with E-state index in [9.17, 15) is 27.5 Å². The van der Waals surface area contributed by atoms with Crippen molar-refractivity contribution >= 4 is 5.97 Å². The molecule has 1 heterocycles. The third-order valence-corrected chi connectivity index (χ3v) is 5.33. The summed E-state index contributed by atoms with van der Waals surface area (Å²) in [4.78, 5) is 11.4. The molecule has 0 aliphatic rings. The second-order valence-electron chi connectivity index (χ2n) is 7.65. The van der Waals surface area contributed by atoms with Gasteiger partial charge < -0.3 is 14.4 Å². The van der Waals surface area contributed by atoms with Crippen molar-refractivity contribution in [1.82, 2.24) is 4.57 Å². The number of hydrogen-bond donors (Lipinski definition) is 1. The zero-order chi connectivity index (χ0) is 24.5. The molecule has 0 unspecified atom stereocenters. The predicted octanol–water partition coefficient (Wildman–Crippen LogP) is 6.89. The highest BCUT2D eigenvalue weighted by atomic mass is 19.4. The van der Waals surface area contributed by atoms with E-state index in [0.29, 0.717) is 5.69 Å². The largest absolute Gasteiger partial charge is 0.488 e. The van der Waals surface area contributed by atoms with Gasteiger partial charge >= 0.3 is 12.1 Å². The fourth-order valence-electron chi connectivity index (χ4n) is 3.65. The summed E-state index contributed by atoms with van der Waals surface area (Å²) in [5.74, 6) is -1.80. The molecule has 4 aromatic rings. The van der Waals surface area contributed by atoms with Crippen molar-refractivity contribution in [2.75, 3.05) is 0 Å². The van der Waals surface area contributed by atoms with E-state index in [1.807, 2.05) is 30.3 Å². The Balaban J connectivity index is 1.87. The van der Waals surface area contributed by atoms with Gasteiger partial charge in [0.2, 0.25) is 0 Å². The molecule has 0 fully saturated rings. The van der Waals surface area contributed by atoms with Crippen molar-refractivity contribution in [2.45, 2.75) is 19.7 Å². The number of ether oxygens (including phenoxy) is 1. The Morgan fingerprint density at radius 3 is 2.38 bits per heavy atom. The zero-order valence-electron chi connectivity index (χ0n) is 17.9. The van der Waals surface area contributed by atoms with Crippen molar-refractivity contribution in [2.24, 2.45) is 0 Å². The third-order valence-electron chi connectivity index (χ3n) is 5.33. The highest BCUT2D eigenvalue weighted by Crippen LogP contribution is 2.39. The molecule has 4 rings (SSSR count). The van der Waals surface area contributed by atoms with Crippen LogP contribution in [0.15, 0.2) is 78.9 Å². The van der Waals surface area contributed by atoms with E-state index in [2.05, 4.69) is 0 Å². The minimum absolute atomic E-state index is 0.0937. The summed E-state index contributed by atoms with van der Waals surface area (Å²) in [6.07, 6.45) is -4.60. The maximum absolute atomic E-state index is 14.8. The van der Waals surface area contributed by atoms with Gasteiger partial charge in [0, 0.05) is 11.3 Å². The number of alkyl halides is 3. The zero-order valence-corrected chi connectivity index (χ0v) is 17.9. The van der Waals surface area contributed by atoms with Crippen molar-refractivity contribution in [3.05, 3.63) is 107 Å². The smallest absolute Gasteiger partial charge is 0.416 e. The number of carboxylic acids is 1. The molecule has 34 heavy (non-hydrogen) atoms. The average Bonchev–Trinajstić information content (AvgIpc) is 3.18. The number of carbonyl (C=O) groups is 1. The highest BCUT2D eigenvalue weighted by Gasteiger charge is 2.32. The number of rotatable bonds is 6. The van der Waals surface area contributed by atoms with E-state index in [1.165, 1.54) is 10.6 Å². The Bertz CT molecular complexity index is 1340. The molecule has 0 amide bonds. The van der Waals surface area contributed by atoms with Gasteiger partial charge in [-0.15, -0.1) is 0 Å². The molecule has 0 radical (unpaired) electrons. The molecule has 174 valence electrons. The van der Waals surface area contributed by atoms with E-state index < -0.39 is 23.5 Å². The van der Waals surface area contributed by atoms with Crippen molar-refractivity contribution < 1.29 is 32.2 Å². The number of carboxylic acid groups (broad SMARTS) is 1. The number of halogens is 4. The third kappa shape index (κ3) is 4.66. The predicted molar refractivity (Wildman–Crippen MR) is 119 cm³/mol. The van der Waals surface area contributed by atoms with Crippen LogP contribution in [0.3, 0.4) is 0 Å². The molecule has 1 N–H and O–H groups in total. The molecule has 0 atom stereocenters. The molecule has 0 aliphatic carbocycles. The Labute approximate surface area is 192 Å². The summed E-state index contributed by atoms with van der Waals surface area (Å²) in [7, 11) is 0. The monoisotopic (exact) mass is 469 g/mol. The normalized spacial score (nSPS) is 11.4. The lowest BCUT2D eigenvalue weighted by Crippen LogP contribution is -2.08. The standard InChI is InChI=1S/C26H19F4NO3/c1-16-7-11-22(31(16)23-13-18(25(32)33)8-10-21(23)27)20-14-19(26(28,29)30)9-12-24(20)34-15-17-5-3-2-4-6-17/h2-14H,15H2,1H3,(H,32,33). The SMILES string of the molecule is Cc1ccc(-c2cc(C(F)(F)F)ccc2OCc2ccccc2)n1-c1cc(C(=O)O)ccc1F. The molecule has 0 saturated heterocycles. The summed E-state index contributed by atoms with van der Waals surface area (Å²) in [6.45, 7) is 1.76. The van der Waals surface area contributed by atoms with Gasteiger partial charge in [-0.25, -0.2) is 9.18 Å². The fraction of sp³-hybridized carbons (Fsp3) is 0.115. The van der Waals surface area contributed by atoms with Crippen LogP contribution < -0.4 is 4.74 Å². The molecule has 4 nitrogen and oxygen atoms in total. The van der Waals surface area contributed by atoms with Crippen LogP contribution in [-0.4, -0.2) is 15.6 Å². The summed E-state index contributed by atoms with van der Waals surface area (Å²) in [5.41, 5.74) is 0.513. The number of aromatic carboxylic acids is 1. The van der Waals surface area contributed by atoms with Crippen molar-refractivity contribution in [3.8, 4) is 22.7 Å². The Hall–Kier alpha value is -4.07. The van der Waals surface area contributed by atoms with E-state index >= 15 is 0 Å². The number of aryl methyl sites for hydroxylation is 1. The molecular weight excluding hydrogens is 450 g/mol.